The summed E-state index contributed by atoms with van der Waals surface area (Å²) in [6, 6.07) is 4.01. The van der Waals surface area contributed by atoms with E-state index in [4.69, 9.17) is 0 Å². The van der Waals surface area contributed by atoms with Crippen LogP contribution in [0.5, 0.6) is 5.75 Å². The van der Waals surface area contributed by atoms with Crippen LogP contribution in [0, 0.1) is 0 Å². The van der Waals surface area contributed by atoms with Crippen LogP contribution in [0.2, 0.25) is 0 Å². The molecule has 0 aliphatic heterocycles. The van der Waals surface area contributed by atoms with Gasteiger partial charge in [-0.1, -0.05) is 41.5 Å². The summed E-state index contributed by atoms with van der Waals surface area (Å²) in [5, 5.41) is 14.6. The SMILES string of the molecule is CN/N=C\c1cc(C(C)(C)C)c(O)c(C(C)(C)C)c1. The van der Waals surface area contributed by atoms with Crippen molar-refractivity contribution in [2.24, 2.45) is 5.10 Å². The maximum atomic E-state index is 10.5. The Bertz CT molecular complexity index is 441. The summed E-state index contributed by atoms with van der Waals surface area (Å²) in [7, 11) is 1.77. The van der Waals surface area contributed by atoms with Gasteiger partial charge in [0.1, 0.15) is 5.75 Å². The lowest BCUT2D eigenvalue weighted by Gasteiger charge is -2.27. The summed E-state index contributed by atoms with van der Waals surface area (Å²) in [4.78, 5) is 0. The lowest BCUT2D eigenvalue weighted by Crippen LogP contribution is -2.18. The van der Waals surface area contributed by atoms with Gasteiger partial charge in [0.2, 0.25) is 0 Å². The van der Waals surface area contributed by atoms with Crippen LogP contribution >= 0.6 is 0 Å². The molecule has 0 atom stereocenters. The molecule has 0 saturated carbocycles. The summed E-state index contributed by atoms with van der Waals surface area (Å²) in [6.07, 6.45) is 1.78. The topological polar surface area (TPSA) is 44.6 Å². The Hall–Kier alpha value is -1.51. The standard InChI is InChI=1S/C16H26N2O/c1-15(2,3)12-8-11(10-18-17-7)9-13(14(12)19)16(4,5)6/h8-10,17,19H,1-7H3/b18-10-. The summed E-state index contributed by atoms with van der Waals surface area (Å²) >= 11 is 0. The minimum atomic E-state index is -0.104. The van der Waals surface area contributed by atoms with E-state index in [1.54, 1.807) is 13.3 Å². The Kier molecular flexibility index (Phi) is 4.28. The van der Waals surface area contributed by atoms with Gasteiger partial charge in [0.05, 0.1) is 6.21 Å². The Morgan fingerprint density at radius 3 is 1.74 bits per heavy atom. The van der Waals surface area contributed by atoms with Crippen LogP contribution in [0.1, 0.15) is 58.2 Å². The normalized spacial score (nSPS) is 13.0. The highest BCUT2D eigenvalue weighted by Crippen LogP contribution is 2.39. The Morgan fingerprint density at radius 2 is 1.42 bits per heavy atom. The van der Waals surface area contributed by atoms with E-state index in [1.807, 2.05) is 12.1 Å². The van der Waals surface area contributed by atoms with Crippen LogP contribution in [0.3, 0.4) is 0 Å². The van der Waals surface area contributed by atoms with Gasteiger partial charge in [-0.3, -0.25) is 0 Å². The van der Waals surface area contributed by atoms with Crippen molar-refractivity contribution in [2.75, 3.05) is 7.05 Å². The van der Waals surface area contributed by atoms with E-state index >= 15 is 0 Å². The fourth-order valence-electron chi connectivity index (χ4n) is 2.01. The van der Waals surface area contributed by atoms with Gasteiger partial charge in [0.15, 0.2) is 0 Å². The molecule has 0 unspecified atom stereocenters. The molecule has 19 heavy (non-hydrogen) atoms. The Labute approximate surface area is 116 Å². The fourth-order valence-corrected chi connectivity index (χ4v) is 2.01. The van der Waals surface area contributed by atoms with Crippen LogP contribution in [0.25, 0.3) is 0 Å². The van der Waals surface area contributed by atoms with Crippen LogP contribution < -0.4 is 5.43 Å². The lowest BCUT2D eigenvalue weighted by molar-refractivity contribution is 0.423. The lowest BCUT2D eigenvalue weighted by atomic mass is 9.78. The molecule has 1 aromatic rings. The summed E-state index contributed by atoms with van der Waals surface area (Å²) in [5.41, 5.74) is 5.46. The molecular formula is C16H26N2O. The second kappa shape index (κ2) is 5.24. The van der Waals surface area contributed by atoms with Crippen molar-refractivity contribution in [2.45, 2.75) is 52.4 Å². The number of aromatic hydroxyl groups is 1. The monoisotopic (exact) mass is 262 g/mol. The van der Waals surface area contributed by atoms with Gasteiger partial charge in [0, 0.05) is 18.2 Å². The van der Waals surface area contributed by atoms with Crippen molar-refractivity contribution >= 4 is 6.21 Å². The van der Waals surface area contributed by atoms with E-state index in [0.717, 1.165) is 16.7 Å². The molecule has 0 heterocycles. The summed E-state index contributed by atoms with van der Waals surface area (Å²) in [5.74, 6) is 0.404. The summed E-state index contributed by atoms with van der Waals surface area (Å²) in [6.45, 7) is 12.6. The molecule has 3 nitrogen and oxygen atoms in total. The number of nitrogens with zero attached hydrogens (tertiary/aromatic N) is 1. The number of benzene rings is 1. The van der Waals surface area contributed by atoms with E-state index in [-0.39, 0.29) is 10.8 Å². The van der Waals surface area contributed by atoms with Crippen molar-refractivity contribution in [1.82, 2.24) is 5.43 Å². The molecule has 0 aliphatic carbocycles. The average Bonchev–Trinajstić information content (AvgIpc) is 2.24. The molecule has 0 saturated heterocycles. The number of phenolic OH excluding ortho intramolecular Hbond substituents is 1. The van der Waals surface area contributed by atoms with Gasteiger partial charge >= 0.3 is 0 Å². The maximum Gasteiger partial charge on any atom is 0.123 e. The van der Waals surface area contributed by atoms with E-state index < -0.39 is 0 Å². The number of hydrogen-bond acceptors (Lipinski definition) is 3. The van der Waals surface area contributed by atoms with Crippen molar-refractivity contribution < 1.29 is 5.11 Å². The van der Waals surface area contributed by atoms with Gasteiger partial charge in [0.25, 0.3) is 0 Å². The van der Waals surface area contributed by atoms with Crippen LogP contribution in [0.4, 0.5) is 0 Å². The first-order valence-electron chi connectivity index (χ1n) is 6.65. The quantitative estimate of drug-likeness (QED) is 0.632. The number of nitrogens with one attached hydrogen (secondary N) is 1. The molecule has 0 aliphatic rings. The molecule has 0 fully saturated rings. The van der Waals surface area contributed by atoms with Gasteiger partial charge in [-0.2, -0.15) is 5.10 Å². The van der Waals surface area contributed by atoms with Crippen LogP contribution in [-0.2, 0) is 10.8 Å². The van der Waals surface area contributed by atoms with Gasteiger partial charge in [-0.15, -0.1) is 0 Å². The van der Waals surface area contributed by atoms with Crippen molar-refractivity contribution in [1.29, 1.82) is 0 Å². The second-order valence-corrected chi connectivity index (χ2v) is 6.95. The number of phenols is 1. The smallest absolute Gasteiger partial charge is 0.123 e. The molecule has 2 N–H and O–H groups in total. The summed E-state index contributed by atoms with van der Waals surface area (Å²) < 4.78 is 0. The molecule has 0 spiro atoms. The molecular weight excluding hydrogens is 236 g/mol. The highest BCUT2D eigenvalue weighted by Gasteiger charge is 2.26. The first-order chi connectivity index (χ1) is 8.57. The molecule has 0 aromatic heterocycles. The van der Waals surface area contributed by atoms with E-state index in [0.29, 0.717) is 5.75 Å². The third-order valence-corrected chi connectivity index (χ3v) is 3.09. The van der Waals surface area contributed by atoms with Crippen molar-refractivity contribution in [3.8, 4) is 5.75 Å². The zero-order valence-electron chi connectivity index (χ0n) is 13.1. The predicted octanol–water partition coefficient (Wildman–Crippen LogP) is 3.54. The minimum absolute atomic E-state index is 0.104. The third-order valence-electron chi connectivity index (χ3n) is 3.09. The molecule has 0 bridgehead atoms. The van der Waals surface area contributed by atoms with Gasteiger partial charge in [-0.25, -0.2) is 0 Å². The largest absolute Gasteiger partial charge is 0.507 e. The average molecular weight is 262 g/mol. The molecule has 0 radical (unpaired) electrons. The Balaban J connectivity index is 3.52. The van der Waals surface area contributed by atoms with E-state index in [2.05, 4.69) is 52.1 Å². The number of hydrazone groups is 1. The van der Waals surface area contributed by atoms with Gasteiger partial charge in [-0.05, 0) is 28.5 Å². The first kappa shape index (κ1) is 15.5. The third kappa shape index (κ3) is 3.72. The number of hydrogen-bond donors (Lipinski definition) is 2. The van der Waals surface area contributed by atoms with E-state index in [9.17, 15) is 5.11 Å². The zero-order valence-corrected chi connectivity index (χ0v) is 13.1. The minimum Gasteiger partial charge on any atom is -0.507 e. The molecule has 0 amide bonds. The first-order valence-corrected chi connectivity index (χ1v) is 6.65. The number of rotatable bonds is 2. The zero-order chi connectivity index (χ0) is 14.8. The maximum absolute atomic E-state index is 10.5. The van der Waals surface area contributed by atoms with Crippen molar-refractivity contribution in [3.05, 3.63) is 28.8 Å². The van der Waals surface area contributed by atoms with Crippen molar-refractivity contribution in [3.63, 3.8) is 0 Å². The van der Waals surface area contributed by atoms with E-state index in [1.165, 1.54) is 0 Å². The van der Waals surface area contributed by atoms with Gasteiger partial charge < -0.3 is 10.5 Å². The highest BCUT2D eigenvalue weighted by atomic mass is 16.3. The second-order valence-electron chi connectivity index (χ2n) is 6.95. The molecule has 3 heteroatoms. The molecule has 1 aromatic carbocycles. The fraction of sp³-hybridized carbons (Fsp3) is 0.562. The Morgan fingerprint density at radius 1 is 1.00 bits per heavy atom. The van der Waals surface area contributed by atoms with Crippen LogP contribution in [-0.4, -0.2) is 18.4 Å². The predicted molar refractivity (Wildman–Crippen MR) is 82.2 cm³/mol. The van der Waals surface area contributed by atoms with Crippen LogP contribution in [0.15, 0.2) is 17.2 Å². The molecule has 106 valence electrons. The highest BCUT2D eigenvalue weighted by molar-refractivity contribution is 5.81. The molecule has 1 rings (SSSR count).